The van der Waals surface area contributed by atoms with Gasteiger partial charge in [-0.1, -0.05) is 0 Å². The number of ether oxygens (including phenoxy) is 4. The van der Waals surface area contributed by atoms with Crippen LogP contribution in [0.1, 0.15) is 6.42 Å². The first-order chi connectivity index (χ1) is 10.3. The van der Waals surface area contributed by atoms with Gasteiger partial charge in [0, 0.05) is 0 Å². The minimum absolute atomic E-state index is 0.0115. The standard InChI is InChI=1S/C15H16O5Se/c1-17-15-13-12(19-13)11(20-15)9-7-10(14(16)18-9)21-8-5-3-2-4-6-8/h2-6,9-13,15H,7H2,1H3/t9-,10-,11-,12+,13+,15-/m1/s1. The van der Waals surface area contributed by atoms with Crippen molar-refractivity contribution in [2.24, 2.45) is 0 Å². The van der Waals surface area contributed by atoms with Gasteiger partial charge in [-0.05, 0) is 0 Å². The Kier molecular flexibility index (Phi) is 3.51. The van der Waals surface area contributed by atoms with Crippen molar-refractivity contribution in [3.63, 3.8) is 0 Å². The van der Waals surface area contributed by atoms with Gasteiger partial charge in [-0.3, -0.25) is 0 Å². The van der Waals surface area contributed by atoms with Crippen molar-refractivity contribution in [3.05, 3.63) is 30.3 Å². The average molecular weight is 355 g/mol. The van der Waals surface area contributed by atoms with Crippen LogP contribution in [-0.4, -0.2) is 58.7 Å². The minimum atomic E-state index is -0.322. The molecule has 0 amide bonds. The Morgan fingerprint density at radius 3 is 2.67 bits per heavy atom. The molecular weight excluding hydrogens is 339 g/mol. The molecule has 5 nitrogen and oxygen atoms in total. The Bertz CT molecular complexity index is 536. The van der Waals surface area contributed by atoms with E-state index in [9.17, 15) is 4.79 Å². The SMILES string of the molecule is CO[C@@H]1O[C@H]([C@H]2C[C@@H]([Se]c3ccccc3)C(=O)O2)[C@@H]2O[C@H]12. The van der Waals surface area contributed by atoms with Crippen LogP contribution in [0.5, 0.6) is 0 Å². The molecule has 0 aromatic heterocycles. The van der Waals surface area contributed by atoms with Crippen molar-refractivity contribution < 1.29 is 23.7 Å². The van der Waals surface area contributed by atoms with Crippen LogP contribution in [0.15, 0.2) is 30.3 Å². The third kappa shape index (κ3) is 2.51. The van der Waals surface area contributed by atoms with E-state index in [1.54, 1.807) is 7.11 Å². The molecule has 21 heavy (non-hydrogen) atoms. The second-order valence-corrected chi connectivity index (χ2v) is 8.08. The summed E-state index contributed by atoms with van der Waals surface area (Å²) < 4.78 is 23.3. The van der Waals surface area contributed by atoms with Gasteiger partial charge in [0.2, 0.25) is 0 Å². The Balaban J connectivity index is 1.41. The topological polar surface area (TPSA) is 57.3 Å². The van der Waals surface area contributed by atoms with E-state index in [1.807, 2.05) is 18.2 Å². The van der Waals surface area contributed by atoms with Crippen molar-refractivity contribution in [2.75, 3.05) is 7.11 Å². The van der Waals surface area contributed by atoms with Gasteiger partial charge in [-0.25, -0.2) is 0 Å². The predicted octanol–water partition coefficient (Wildman–Crippen LogP) is 0.259. The molecule has 112 valence electrons. The Morgan fingerprint density at radius 2 is 1.95 bits per heavy atom. The Hall–Kier alpha value is -0.911. The van der Waals surface area contributed by atoms with Gasteiger partial charge >= 0.3 is 129 Å². The first-order valence-electron chi connectivity index (χ1n) is 7.02. The molecule has 3 saturated heterocycles. The normalized spacial score (nSPS) is 40.9. The molecule has 1 aromatic rings. The number of carbonyl (C=O) groups excluding carboxylic acids is 1. The summed E-state index contributed by atoms with van der Waals surface area (Å²) in [4.78, 5) is 12.0. The fourth-order valence-electron chi connectivity index (χ4n) is 2.96. The molecule has 0 aliphatic carbocycles. The zero-order valence-corrected chi connectivity index (χ0v) is 13.2. The zero-order chi connectivity index (χ0) is 14.4. The van der Waals surface area contributed by atoms with Gasteiger partial charge in [-0.2, -0.15) is 0 Å². The molecule has 3 aliphatic rings. The number of benzene rings is 1. The van der Waals surface area contributed by atoms with Crippen molar-refractivity contribution in [3.8, 4) is 0 Å². The molecule has 3 heterocycles. The van der Waals surface area contributed by atoms with Gasteiger partial charge in [0.25, 0.3) is 0 Å². The molecule has 0 radical (unpaired) electrons. The number of hydrogen-bond acceptors (Lipinski definition) is 5. The molecule has 0 bridgehead atoms. The molecule has 0 N–H and O–H groups in total. The average Bonchev–Trinajstić information content (AvgIpc) is 3.09. The Labute approximate surface area is 129 Å². The molecule has 3 fully saturated rings. The number of rotatable bonds is 4. The summed E-state index contributed by atoms with van der Waals surface area (Å²) in [6.45, 7) is 0. The molecule has 6 heteroatoms. The van der Waals surface area contributed by atoms with E-state index in [4.69, 9.17) is 18.9 Å². The van der Waals surface area contributed by atoms with Crippen molar-refractivity contribution in [2.45, 2.75) is 41.9 Å². The van der Waals surface area contributed by atoms with E-state index < -0.39 is 0 Å². The summed E-state index contributed by atoms with van der Waals surface area (Å²) in [7, 11) is 1.60. The number of carbonyl (C=O) groups is 1. The van der Waals surface area contributed by atoms with Crippen LogP contribution in [0.25, 0.3) is 0 Å². The maximum absolute atomic E-state index is 12.1. The summed E-state index contributed by atoms with van der Waals surface area (Å²) in [6.07, 6.45) is 0.0377. The number of hydrogen-bond donors (Lipinski definition) is 0. The first-order valence-corrected chi connectivity index (χ1v) is 8.87. The Morgan fingerprint density at radius 1 is 1.14 bits per heavy atom. The molecular formula is C15H16O5Se. The van der Waals surface area contributed by atoms with Crippen LogP contribution < -0.4 is 4.46 Å². The maximum atomic E-state index is 12.1. The van der Waals surface area contributed by atoms with E-state index in [0.29, 0.717) is 6.42 Å². The monoisotopic (exact) mass is 356 g/mol. The van der Waals surface area contributed by atoms with E-state index in [1.165, 1.54) is 4.46 Å². The van der Waals surface area contributed by atoms with Gasteiger partial charge in [-0.15, -0.1) is 0 Å². The summed E-state index contributed by atoms with van der Waals surface area (Å²) in [5.74, 6) is -0.106. The van der Waals surface area contributed by atoms with Crippen molar-refractivity contribution >= 4 is 25.4 Å². The molecule has 4 rings (SSSR count). The summed E-state index contributed by atoms with van der Waals surface area (Å²) in [6, 6.07) is 10.1. The van der Waals surface area contributed by atoms with E-state index in [-0.39, 0.29) is 56.4 Å². The quantitative estimate of drug-likeness (QED) is 0.441. The van der Waals surface area contributed by atoms with Crippen molar-refractivity contribution in [1.82, 2.24) is 0 Å². The molecule has 0 spiro atoms. The van der Waals surface area contributed by atoms with Crippen LogP contribution in [-0.2, 0) is 23.7 Å². The second kappa shape index (κ2) is 5.38. The van der Waals surface area contributed by atoms with Gasteiger partial charge in [0.1, 0.15) is 0 Å². The van der Waals surface area contributed by atoms with Gasteiger partial charge in [0.05, 0.1) is 0 Å². The second-order valence-electron chi connectivity index (χ2n) is 5.40. The number of methoxy groups -OCH3 is 1. The number of fused-ring (bicyclic) bond motifs is 1. The first kappa shape index (κ1) is 13.7. The van der Waals surface area contributed by atoms with Gasteiger partial charge < -0.3 is 0 Å². The molecule has 3 aliphatic heterocycles. The summed E-state index contributed by atoms with van der Waals surface area (Å²) >= 11 is 0.0934. The van der Waals surface area contributed by atoms with Gasteiger partial charge in [0.15, 0.2) is 0 Å². The summed E-state index contributed by atoms with van der Waals surface area (Å²) in [5, 5.41) is 0. The number of esters is 1. The van der Waals surface area contributed by atoms with Crippen molar-refractivity contribution in [1.29, 1.82) is 0 Å². The summed E-state index contributed by atoms with van der Waals surface area (Å²) in [5.41, 5.74) is 0. The van der Waals surface area contributed by atoms with E-state index in [2.05, 4.69) is 12.1 Å². The molecule has 0 unspecified atom stereocenters. The number of cyclic esters (lactones) is 1. The molecule has 6 atom stereocenters. The fourth-order valence-corrected chi connectivity index (χ4v) is 5.23. The predicted molar refractivity (Wildman–Crippen MR) is 74.4 cm³/mol. The molecule has 0 saturated carbocycles. The van der Waals surface area contributed by atoms with Crippen LogP contribution in [0.3, 0.4) is 0 Å². The molecule has 1 aromatic carbocycles. The number of epoxide rings is 1. The fraction of sp³-hybridized carbons (Fsp3) is 0.533. The van der Waals surface area contributed by atoms with Crippen LogP contribution in [0, 0.1) is 0 Å². The third-order valence-electron chi connectivity index (χ3n) is 4.04. The van der Waals surface area contributed by atoms with Crippen LogP contribution >= 0.6 is 0 Å². The van der Waals surface area contributed by atoms with E-state index in [0.717, 1.165) is 0 Å². The van der Waals surface area contributed by atoms with Crippen LogP contribution in [0.2, 0.25) is 4.82 Å². The third-order valence-corrected chi connectivity index (χ3v) is 6.59. The zero-order valence-electron chi connectivity index (χ0n) is 11.5. The van der Waals surface area contributed by atoms with E-state index >= 15 is 0 Å². The van der Waals surface area contributed by atoms with Crippen LogP contribution in [0.4, 0.5) is 0 Å².